The minimum absolute atomic E-state index is 0.126. The van der Waals surface area contributed by atoms with Crippen LogP contribution in [0, 0.1) is 0 Å². The molecule has 0 saturated heterocycles. The molecular weight excluding hydrogens is 200 g/mol. The Bertz CT molecular complexity index is 397. The molecule has 1 aromatic carbocycles. The summed E-state index contributed by atoms with van der Waals surface area (Å²) in [5.74, 6) is 0.126. The summed E-state index contributed by atoms with van der Waals surface area (Å²) in [6.45, 7) is 6.53. The maximum atomic E-state index is 12.1. The van der Waals surface area contributed by atoms with Gasteiger partial charge in [-0.15, -0.1) is 0 Å². The molecule has 1 aliphatic heterocycles. The Morgan fingerprint density at radius 2 is 2.12 bits per heavy atom. The molecule has 0 radical (unpaired) electrons. The van der Waals surface area contributed by atoms with E-state index in [9.17, 15) is 4.79 Å². The summed E-state index contributed by atoms with van der Waals surface area (Å²) in [7, 11) is 0. The van der Waals surface area contributed by atoms with Crippen molar-refractivity contribution in [1.29, 1.82) is 0 Å². The van der Waals surface area contributed by atoms with Gasteiger partial charge in [0.25, 0.3) is 5.91 Å². The molecule has 0 atom stereocenters. The number of nitrogens with one attached hydrogen (secondary N) is 1. The van der Waals surface area contributed by atoms with Gasteiger partial charge < -0.3 is 10.2 Å². The van der Waals surface area contributed by atoms with Crippen LogP contribution in [0.25, 0.3) is 0 Å². The summed E-state index contributed by atoms with van der Waals surface area (Å²) < 4.78 is 0. The largest absolute Gasteiger partial charge is 0.384 e. The van der Waals surface area contributed by atoms with Crippen molar-refractivity contribution in [1.82, 2.24) is 4.90 Å². The van der Waals surface area contributed by atoms with E-state index in [2.05, 4.69) is 11.4 Å². The molecule has 0 aromatic heterocycles. The number of nitrogens with zero attached hydrogens (tertiary/aromatic N) is 1. The Morgan fingerprint density at radius 1 is 1.38 bits per heavy atom. The van der Waals surface area contributed by atoms with Crippen LogP contribution in [0.15, 0.2) is 18.2 Å². The lowest BCUT2D eigenvalue weighted by molar-refractivity contribution is 0.0773. The molecule has 0 unspecified atom stereocenters. The summed E-state index contributed by atoms with van der Waals surface area (Å²) in [4.78, 5) is 13.9. The molecule has 1 aliphatic rings. The Labute approximate surface area is 96.5 Å². The fourth-order valence-electron chi connectivity index (χ4n) is 2.12. The lowest BCUT2D eigenvalue weighted by Crippen LogP contribution is -2.30. The van der Waals surface area contributed by atoms with Crippen LogP contribution in [0.5, 0.6) is 0 Å². The van der Waals surface area contributed by atoms with Crippen molar-refractivity contribution in [3.05, 3.63) is 29.3 Å². The minimum Gasteiger partial charge on any atom is -0.384 e. The molecule has 3 heteroatoms. The standard InChI is InChI=1S/C13H18N2O/c1-3-15(4-2)13(16)11-6-5-10-7-8-14-12(10)9-11/h5-6,9,14H,3-4,7-8H2,1-2H3. The number of rotatable bonds is 3. The van der Waals surface area contributed by atoms with Gasteiger partial charge in [0.15, 0.2) is 0 Å². The third-order valence-corrected chi connectivity index (χ3v) is 3.12. The molecular formula is C13H18N2O. The zero-order chi connectivity index (χ0) is 11.5. The van der Waals surface area contributed by atoms with Gasteiger partial charge in [0.05, 0.1) is 0 Å². The van der Waals surface area contributed by atoms with Gasteiger partial charge in [-0.05, 0) is 38.0 Å². The third kappa shape index (κ3) is 1.90. The van der Waals surface area contributed by atoms with Crippen LogP contribution in [-0.4, -0.2) is 30.4 Å². The molecule has 0 bridgehead atoms. The SMILES string of the molecule is CCN(CC)C(=O)c1ccc2c(c1)NCC2. The second kappa shape index (κ2) is 4.56. The number of hydrogen-bond acceptors (Lipinski definition) is 2. The number of anilines is 1. The molecule has 0 aliphatic carbocycles. The Morgan fingerprint density at radius 3 is 2.81 bits per heavy atom. The highest BCUT2D eigenvalue weighted by Gasteiger charge is 2.16. The monoisotopic (exact) mass is 218 g/mol. The Kier molecular flexibility index (Phi) is 3.13. The number of amides is 1. The van der Waals surface area contributed by atoms with Crippen LogP contribution in [-0.2, 0) is 6.42 Å². The van der Waals surface area contributed by atoms with Crippen LogP contribution in [0.3, 0.4) is 0 Å². The molecule has 1 aromatic rings. The highest BCUT2D eigenvalue weighted by Crippen LogP contribution is 2.23. The van der Waals surface area contributed by atoms with Crippen LogP contribution in [0.4, 0.5) is 5.69 Å². The average molecular weight is 218 g/mol. The van der Waals surface area contributed by atoms with Crippen molar-refractivity contribution in [3.8, 4) is 0 Å². The maximum Gasteiger partial charge on any atom is 0.253 e. The quantitative estimate of drug-likeness (QED) is 0.843. The number of carbonyl (C=O) groups excluding carboxylic acids is 1. The van der Waals surface area contributed by atoms with E-state index in [1.54, 1.807) is 0 Å². The normalized spacial score (nSPS) is 13.1. The minimum atomic E-state index is 0.126. The predicted octanol–water partition coefficient (Wildman–Crippen LogP) is 2.14. The number of hydrogen-bond donors (Lipinski definition) is 1. The Balaban J connectivity index is 2.24. The first kappa shape index (κ1) is 11.0. The topological polar surface area (TPSA) is 32.3 Å². The van der Waals surface area contributed by atoms with E-state index in [4.69, 9.17) is 0 Å². The van der Waals surface area contributed by atoms with Crippen molar-refractivity contribution in [2.45, 2.75) is 20.3 Å². The van der Waals surface area contributed by atoms with Gasteiger partial charge in [-0.2, -0.15) is 0 Å². The van der Waals surface area contributed by atoms with Crippen molar-refractivity contribution in [2.75, 3.05) is 25.0 Å². The van der Waals surface area contributed by atoms with Gasteiger partial charge >= 0.3 is 0 Å². The van der Waals surface area contributed by atoms with Crippen molar-refractivity contribution in [2.24, 2.45) is 0 Å². The zero-order valence-corrected chi connectivity index (χ0v) is 9.92. The molecule has 86 valence electrons. The van der Waals surface area contributed by atoms with Crippen molar-refractivity contribution < 1.29 is 4.79 Å². The van der Waals surface area contributed by atoms with E-state index < -0.39 is 0 Å². The summed E-state index contributed by atoms with van der Waals surface area (Å²) in [5.41, 5.74) is 3.23. The van der Waals surface area contributed by atoms with Gasteiger partial charge in [-0.1, -0.05) is 6.07 Å². The van der Waals surface area contributed by atoms with Crippen LogP contribution in [0.2, 0.25) is 0 Å². The van der Waals surface area contributed by atoms with Gasteiger partial charge in [-0.3, -0.25) is 4.79 Å². The van der Waals surface area contributed by atoms with Crippen molar-refractivity contribution >= 4 is 11.6 Å². The molecule has 0 spiro atoms. The molecule has 2 rings (SSSR count). The molecule has 1 amide bonds. The molecule has 0 saturated carbocycles. The van der Waals surface area contributed by atoms with E-state index >= 15 is 0 Å². The lowest BCUT2D eigenvalue weighted by Gasteiger charge is -2.18. The van der Waals surface area contributed by atoms with Crippen molar-refractivity contribution in [3.63, 3.8) is 0 Å². The molecule has 1 heterocycles. The van der Waals surface area contributed by atoms with E-state index in [1.165, 1.54) is 5.56 Å². The predicted molar refractivity (Wildman–Crippen MR) is 65.9 cm³/mol. The second-order valence-electron chi connectivity index (χ2n) is 4.03. The number of carbonyl (C=O) groups is 1. The fraction of sp³-hybridized carbons (Fsp3) is 0.462. The first-order valence-corrected chi connectivity index (χ1v) is 5.92. The summed E-state index contributed by atoms with van der Waals surface area (Å²) >= 11 is 0. The third-order valence-electron chi connectivity index (χ3n) is 3.12. The molecule has 3 nitrogen and oxygen atoms in total. The zero-order valence-electron chi connectivity index (χ0n) is 9.92. The smallest absolute Gasteiger partial charge is 0.253 e. The Hall–Kier alpha value is -1.51. The van der Waals surface area contributed by atoms with Gasteiger partial charge in [0.1, 0.15) is 0 Å². The highest BCUT2D eigenvalue weighted by atomic mass is 16.2. The number of benzene rings is 1. The highest BCUT2D eigenvalue weighted by molar-refractivity contribution is 5.95. The number of fused-ring (bicyclic) bond motifs is 1. The summed E-state index contributed by atoms with van der Waals surface area (Å²) in [6, 6.07) is 5.97. The first-order chi connectivity index (χ1) is 7.76. The molecule has 16 heavy (non-hydrogen) atoms. The fourth-order valence-corrected chi connectivity index (χ4v) is 2.12. The van der Waals surface area contributed by atoms with Gasteiger partial charge in [0.2, 0.25) is 0 Å². The van der Waals surface area contributed by atoms with Crippen LogP contribution >= 0.6 is 0 Å². The summed E-state index contributed by atoms with van der Waals surface area (Å²) in [5, 5.41) is 3.30. The van der Waals surface area contributed by atoms with Crippen LogP contribution in [0.1, 0.15) is 29.8 Å². The first-order valence-electron chi connectivity index (χ1n) is 5.92. The van der Waals surface area contributed by atoms with E-state index in [-0.39, 0.29) is 5.91 Å². The lowest BCUT2D eigenvalue weighted by atomic mass is 10.1. The van der Waals surface area contributed by atoms with Gasteiger partial charge in [0, 0.05) is 30.9 Å². The summed E-state index contributed by atoms with van der Waals surface area (Å²) in [6.07, 6.45) is 1.06. The molecule has 1 N–H and O–H groups in total. The van der Waals surface area contributed by atoms with Gasteiger partial charge in [-0.25, -0.2) is 0 Å². The van der Waals surface area contributed by atoms with E-state index in [0.29, 0.717) is 0 Å². The molecule has 0 fully saturated rings. The van der Waals surface area contributed by atoms with Crippen LogP contribution < -0.4 is 5.32 Å². The van der Waals surface area contributed by atoms with E-state index in [0.717, 1.165) is 37.3 Å². The van der Waals surface area contributed by atoms with E-state index in [1.807, 2.05) is 30.9 Å². The second-order valence-corrected chi connectivity index (χ2v) is 4.03. The average Bonchev–Trinajstić information content (AvgIpc) is 2.77. The maximum absolute atomic E-state index is 12.1.